The van der Waals surface area contributed by atoms with Gasteiger partial charge in [-0.1, -0.05) is 22.4 Å². The van der Waals surface area contributed by atoms with Crippen LogP contribution in [0.1, 0.15) is 36.6 Å². The van der Waals surface area contributed by atoms with Crippen molar-refractivity contribution in [1.29, 1.82) is 0 Å². The molecule has 1 unspecified atom stereocenters. The molecule has 0 radical (unpaired) electrons. The molecule has 110 valence electrons. The number of nitrogens with one attached hydrogen (secondary N) is 2. The van der Waals surface area contributed by atoms with Gasteiger partial charge in [0, 0.05) is 21.1 Å². The van der Waals surface area contributed by atoms with Crippen LogP contribution in [-0.2, 0) is 11.2 Å². The SMILES string of the molecule is O=C(O)C1(C2NCCc3c2[nH]c2ccc(Br)cc32)CCC1. The number of aliphatic carboxylic acids is 1. The summed E-state index contributed by atoms with van der Waals surface area (Å²) in [6.45, 7) is 0.839. The van der Waals surface area contributed by atoms with Crippen LogP contribution in [0.25, 0.3) is 10.9 Å². The van der Waals surface area contributed by atoms with Gasteiger partial charge in [-0.25, -0.2) is 0 Å². The molecule has 1 aromatic heterocycles. The number of aromatic amines is 1. The van der Waals surface area contributed by atoms with Crippen LogP contribution in [0.2, 0.25) is 0 Å². The molecule has 4 nitrogen and oxygen atoms in total. The van der Waals surface area contributed by atoms with E-state index in [1.807, 2.05) is 6.07 Å². The molecular formula is C16H17BrN2O2. The predicted octanol–water partition coefficient (Wildman–Crippen LogP) is 3.37. The molecule has 2 aliphatic rings. The molecule has 2 heterocycles. The standard InChI is InChI=1S/C16H17BrN2O2/c17-9-2-3-12-11(8-9)10-4-7-18-14(13(10)19-12)16(15(20)21)5-1-6-16/h2-3,8,14,18-19H,1,4-7H2,(H,20,21). The Balaban J connectivity index is 1.88. The number of carboxylic acid groups (broad SMARTS) is 1. The summed E-state index contributed by atoms with van der Waals surface area (Å²) in [5, 5.41) is 14.4. The largest absolute Gasteiger partial charge is 0.481 e. The van der Waals surface area contributed by atoms with Gasteiger partial charge in [-0.2, -0.15) is 0 Å². The molecule has 0 spiro atoms. The van der Waals surface area contributed by atoms with Gasteiger partial charge in [-0.15, -0.1) is 0 Å². The Morgan fingerprint density at radius 2 is 2.19 bits per heavy atom. The summed E-state index contributed by atoms with van der Waals surface area (Å²) in [4.78, 5) is 15.3. The summed E-state index contributed by atoms with van der Waals surface area (Å²) in [5.74, 6) is -0.668. The number of halogens is 1. The Labute approximate surface area is 131 Å². The molecule has 21 heavy (non-hydrogen) atoms. The van der Waals surface area contributed by atoms with E-state index in [0.717, 1.165) is 47.9 Å². The van der Waals surface area contributed by atoms with E-state index in [2.05, 4.69) is 38.4 Å². The average molecular weight is 349 g/mol. The lowest BCUT2D eigenvalue weighted by molar-refractivity contribution is -0.158. The molecule has 1 fully saturated rings. The Bertz CT molecular complexity index is 733. The smallest absolute Gasteiger partial charge is 0.311 e. The average Bonchev–Trinajstić information content (AvgIpc) is 2.76. The highest BCUT2D eigenvalue weighted by Crippen LogP contribution is 2.52. The lowest BCUT2D eigenvalue weighted by Crippen LogP contribution is -2.50. The number of hydrogen-bond acceptors (Lipinski definition) is 2. The maximum Gasteiger partial charge on any atom is 0.311 e. The van der Waals surface area contributed by atoms with Crippen molar-refractivity contribution >= 4 is 32.8 Å². The Morgan fingerprint density at radius 3 is 2.86 bits per heavy atom. The van der Waals surface area contributed by atoms with Crippen LogP contribution in [-0.4, -0.2) is 22.6 Å². The van der Waals surface area contributed by atoms with Crippen molar-refractivity contribution in [3.63, 3.8) is 0 Å². The molecule has 5 heteroatoms. The first-order valence-electron chi connectivity index (χ1n) is 7.38. The van der Waals surface area contributed by atoms with Gasteiger partial charge in [0.1, 0.15) is 0 Å². The second-order valence-corrected chi connectivity index (χ2v) is 7.07. The number of aromatic nitrogens is 1. The van der Waals surface area contributed by atoms with Gasteiger partial charge in [0.25, 0.3) is 0 Å². The normalized spacial score (nSPS) is 23.6. The van der Waals surface area contributed by atoms with Crippen molar-refractivity contribution in [3.8, 4) is 0 Å². The van der Waals surface area contributed by atoms with Crippen molar-refractivity contribution in [3.05, 3.63) is 33.9 Å². The quantitative estimate of drug-likeness (QED) is 0.779. The number of carboxylic acids is 1. The van der Waals surface area contributed by atoms with Crippen LogP contribution in [0.3, 0.4) is 0 Å². The van der Waals surface area contributed by atoms with Crippen LogP contribution >= 0.6 is 15.9 Å². The van der Waals surface area contributed by atoms with E-state index in [-0.39, 0.29) is 6.04 Å². The van der Waals surface area contributed by atoms with Gasteiger partial charge in [-0.05, 0) is 49.6 Å². The first-order valence-corrected chi connectivity index (χ1v) is 8.18. The molecule has 4 rings (SSSR count). The number of rotatable bonds is 2. The monoisotopic (exact) mass is 348 g/mol. The Kier molecular flexibility index (Phi) is 2.91. The van der Waals surface area contributed by atoms with Gasteiger partial charge in [0.15, 0.2) is 0 Å². The molecule has 1 aliphatic carbocycles. The number of fused-ring (bicyclic) bond motifs is 3. The highest BCUT2D eigenvalue weighted by Gasteiger charge is 2.52. The van der Waals surface area contributed by atoms with Crippen LogP contribution in [0, 0.1) is 5.41 Å². The lowest BCUT2D eigenvalue weighted by Gasteiger charge is -2.45. The van der Waals surface area contributed by atoms with E-state index >= 15 is 0 Å². The molecule has 1 aliphatic heterocycles. The van der Waals surface area contributed by atoms with E-state index in [1.54, 1.807) is 0 Å². The second kappa shape index (κ2) is 4.58. The molecule has 0 amide bonds. The maximum absolute atomic E-state index is 11.8. The van der Waals surface area contributed by atoms with Crippen LogP contribution < -0.4 is 5.32 Å². The van der Waals surface area contributed by atoms with Crippen LogP contribution in [0.5, 0.6) is 0 Å². The molecule has 3 N–H and O–H groups in total. The predicted molar refractivity (Wildman–Crippen MR) is 84.4 cm³/mol. The summed E-state index contributed by atoms with van der Waals surface area (Å²) in [6.07, 6.45) is 3.47. The fourth-order valence-electron chi connectivity index (χ4n) is 3.86. The van der Waals surface area contributed by atoms with Gasteiger partial charge >= 0.3 is 5.97 Å². The summed E-state index contributed by atoms with van der Waals surface area (Å²) in [7, 11) is 0. The fraction of sp³-hybridized carbons (Fsp3) is 0.438. The highest BCUT2D eigenvalue weighted by atomic mass is 79.9. The third-order valence-corrected chi connectivity index (χ3v) is 5.63. The Hall–Kier alpha value is -1.33. The maximum atomic E-state index is 11.8. The van der Waals surface area contributed by atoms with Gasteiger partial charge in [-0.3, -0.25) is 4.79 Å². The zero-order chi connectivity index (χ0) is 14.6. The molecular weight excluding hydrogens is 332 g/mol. The van der Waals surface area contributed by atoms with E-state index < -0.39 is 11.4 Å². The van der Waals surface area contributed by atoms with E-state index in [9.17, 15) is 9.90 Å². The number of benzene rings is 1. The van der Waals surface area contributed by atoms with Crippen molar-refractivity contribution < 1.29 is 9.90 Å². The number of carbonyl (C=O) groups is 1. The minimum atomic E-state index is -0.668. The van der Waals surface area contributed by atoms with Gasteiger partial charge in [0.05, 0.1) is 11.5 Å². The summed E-state index contributed by atoms with van der Waals surface area (Å²) < 4.78 is 1.06. The highest BCUT2D eigenvalue weighted by molar-refractivity contribution is 9.10. The summed E-state index contributed by atoms with van der Waals surface area (Å²) in [5.41, 5.74) is 2.82. The van der Waals surface area contributed by atoms with Crippen molar-refractivity contribution in [2.24, 2.45) is 5.41 Å². The van der Waals surface area contributed by atoms with E-state index in [0.29, 0.717) is 0 Å². The van der Waals surface area contributed by atoms with Crippen LogP contribution in [0.15, 0.2) is 22.7 Å². The van der Waals surface area contributed by atoms with E-state index in [4.69, 9.17) is 0 Å². The van der Waals surface area contributed by atoms with Crippen LogP contribution in [0.4, 0.5) is 0 Å². The van der Waals surface area contributed by atoms with Gasteiger partial charge in [0.2, 0.25) is 0 Å². The van der Waals surface area contributed by atoms with Gasteiger partial charge < -0.3 is 15.4 Å². The first kappa shape index (κ1) is 13.3. The van der Waals surface area contributed by atoms with Crippen molar-refractivity contribution in [2.75, 3.05) is 6.54 Å². The summed E-state index contributed by atoms with van der Waals surface area (Å²) in [6, 6.07) is 6.10. The van der Waals surface area contributed by atoms with Crippen molar-refractivity contribution in [1.82, 2.24) is 10.3 Å². The molecule has 1 atom stereocenters. The number of hydrogen-bond donors (Lipinski definition) is 3. The molecule has 1 aromatic carbocycles. The zero-order valence-electron chi connectivity index (χ0n) is 11.6. The molecule has 2 aromatic rings. The molecule has 0 bridgehead atoms. The second-order valence-electron chi connectivity index (χ2n) is 6.16. The third-order valence-electron chi connectivity index (χ3n) is 5.14. The Morgan fingerprint density at radius 1 is 1.38 bits per heavy atom. The minimum absolute atomic E-state index is 0.0984. The zero-order valence-corrected chi connectivity index (χ0v) is 13.2. The topological polar surface area (TPSA) is 65.1 Å². The van der Waals surface area contributed by atoms with E-state index in [1.165, 1.54) is 10.9 Å². The minimum Gasteiger partial charge on any atom is -0.481 e. The molecule has 0 saturated heterocycles. The van der Waals surface area contributed by atoms with Crippen molar-refractivity contribution in [2.45, 2.75) is 31.7 Å². The third kappa shape index (κ3) is 1.80. The molecule has 1 saturated carbocycles. The lowest BCUT2D eigenvalue weighted by atomic mass is 9.62. The number of H-pyrrole nitrogens is 1. The fourth-order valence-corrected chi connectivity index (χ4v) is 4.22. The first-order chi connectivity index (χ1) is 10.1. The summed E-state index contributed by atoms with van der Waals surface area (Å²) >= 11 is 3.52.